The third-order valence-electron chi connectivity index (χ3n) is 4.32. The van der Waals surface area contributed by atoms with Crippen LogP contribution < -0.4 is 15.4 Å². The Morgan fingerprint density at radius 2 is 1.83 bits per heavy atom. The van der Waals surface area contributed by atoms with Crippen LogP contribution in [0.1, 0.15) is 37.3 Å². The maximum atomic E-state index is 12.2. The molecule has 0 aliphatic heterocycles. The molecular formula is C23H31ClN2O3. The van der Waals surface area contributed by atoms with Gasteiger partial charge in [0.15, 0.2) is 6.61 Å². The van der Waals surface area contributed by atoms with Crippen molar-refractivity contribution in [3.8, 4) is 5.75 Å². The summed E-state index contributed by atoms with van der Waals surface area (Å²) in [5, 5.41) is 6.85. The highest BCUT2D eigenvalue weighted by Crippen LogP contribution is 2.23. The Hall–Kier alpha value is -2.08. The standard InChI is InChI=1S/C23H31ClN2O3/c1-3-4-13-28-14-5-12-25-16-19-15-20(24)8-11-22(19)29-17-23(27)26-21-9-6-18(2)7-10-21/h6-11,15,25H,3-5,12-14,16-17H2,1-2H3,(H,26,27). The lowest BCUT2D eigenvalue weighted by Gasteiger charge is -2.13. The molecule has 0 aliphatic rings. The molecule has 1 amide bonds. The van der Waals surface area contributed by atoms with Crippen LogP contribution in [0.4, 0.5) is 5.69 Å². The van der Waals surface area contributed by atoms with Gasteiger partial charge in [-0.3, -0.25) is 4.79 Å². The molecule has 0 aliphatic carbocycles. The highest BCUT2D eigenvalue weighted by Gasteiger charge is 2.08. The van der Waals surface area contributed by atoms with Crippen molar-refractivity contribution in [2.24, 2.45) is 0 Å². The zero-order chi connectivity index (χ0) is 20.9. The van der Waals surface area contributed by atoms with Crippen molar-refractivity contribution in [2.75, 3.05) is 31.7 Å². The van der Waals surface area contributed by atoms with Crippen molar-refractivity contribution in [3.05, 3.63) is 58.6 Å². The molecule has 0 spiro atoms. The molecule has 0 bridgehead atoms. The Morgan fingerprint density at radius 3 is 2.59 bits per heavy atom. The smallest absolute Gasteiger partial charge is 0.262 e. The second-order valence-electron chi connectivity index (χ2n) is 6.95. The van der Waals surface area contributed by atoms with E-state index in [-0.39, 0.29) is 12.5 Å². The first kappa shape index (κ1) is 23.2. The average Bonchev–Trinajstić information content (AvgIpc) is 2.71. The highest BCUT2D eigenvalue weighted by atomic mass is 35.5. The number of carbonyl (C=O) groups excluding carboxylic acids is 1. The van der Waals surface area contributed by atoms with Gasteiger partial charge in [0.2, 0.25) is 0 Å². The number of anilines is 1. The zero-order valence-electron chi connectivity index (χ0n) is 17.3. The molecule has 158 valence electrons. The van der Waals surface area contributed by atoms with Gasteiger partial charge in [0.1, 0.15) is 5.75 Å². The average molecular weight is 419 g/mol. The third kappa shape index (κ3) is 9.31. The number of unbranched alkanes of at least 4 members (excludes halogenated alkanes) is 1. The Kier molecular flexibility index (Phi) is 10.6. The van der Waals surface area contributed by atoms with E-state index in [1.54, 1.807) is 12.1 Å². The fourth-order valence-corrected chi connectivity index (χ4v) is 2.87. The molecule has 0 unspecified atom stereocenters. The van der Waals surface area contributed by atoms with Crippen LogP contribution in [0.5, 0.6) is 5.75 Å². The summed E-state index contributed by atoms with van der Waals surface area (Å²) in [6.45, 7) is 7.13. The van der Waals surface area contributed by atoms with E-state index in [0.29, 0.717) is 17.3 Å². The number of halogens is 1. The molecule has 0 heterocycles. The molecule has 2 rings (SSSR count). The van der Waals surface area contributed by atoms with Crippen LogP contribution in [0.25, 0.3) is 0 Å². The van der Waals surface area contributed by atoms with Crippen molar-refractivity contribution in [3.63, 3.8) is 0 Å². The summed E-state index contributed by atoms with van der Waals surface area (Å²) in [6, 6.07) is 13.1. The lowest BCUT2D eigenvalue weighted by molar-refractivity contribution is -0.118. The lowest BCUT2D eigenvalue weighted by Crippen LogP contribution is -2.21. The predicted octanol–water partition coefficient (Wildman–Crippen LogP) is 4.96. The van der Waals surface area contributed by atoms with Gasteiger partial charge in [-0.05, 0) is 56.6 Å². The normalized spacial score (nSPS) is 10.7. The Balaban J connectivity index is 1.76. The fourth-order valence-electron chi connectivity index (χ4n) is 2.67. The van der Waals surface area contributed by atoms with Crippen molar-refractivity contribution < 1.29 is 14.3 Å². The summed E-state index contributed by atoms with van der Waals surface area (Å²) < 4.78 is 11.3. The molecule has 0 fully saturated rings. The Labute approximate surface area is 178 Å². The monoisotopic (exact) mass is 418 g/mol. The molecule has 0 saturated heterocycles. The van der Waals surface area contributed by atoms with Gasteiger partial charge in [0.05, 0.1) is 0 Å². The van der Waals surface area contributed by atoms with Crippen LogP contribution >= 0.6 is 11.6 Å². The minimum absolute atomic E-state index is 0.0617. The molecule has 2 aromatic rings. The number of amides is 1. The molecular weight excluding hydrogens is 388 g/mol. The molecule has 0 aromatic heterocycles. The number of ether oxygens (including phenoxy) is 2. The zero-order valence-corrected chi connectivity index (χ0v) is 18.1. The molecule has 0 atom stereocenters. The fraction of sp³-hybridized carbons (Fsp3) is 0.435. The van der Waals surface area contributed by atoms with Crippen LogP contribution in [-0.4, -0.2) is 32.3 Å². The number of benzene rings is 2. The molecule has 0 radical (unpaired) electrons. The van der Waals surface area contributed by atoms with Crippen molar-refractivity contribution in [1.29, 1.82) is 0 Å². The summed E-state index contributed by atoms with van der Waals surface area (Å²) >= 11 is 6.13. The van der Waals surface area contributed by atoms with E-state index in [1.807, 2.05) is 37.3 Å². The quantitative estimate of drug-likeness (QED) is 0.451. The van der Waals surface area contributed by atoms with E-state index < -0.39 is 0 Å². The summed E-state index contributed by atoms with van der Waals surface area (Å²) in [6.07, 6.45) is 3.20. The third-order valence-corrected chi connectivity index (χ3v) is 4.55. The van der Waals surface area contributed by atoms with Gasteiger partial charge < -0.3 is 20.1 Å². The van der Waals surface area contributed by atoms with E-state index in [9.17, 15) is 4.79 Å². The molecule has 5 nitrogen and oxygen atoms in total. The van der Waals surface area contributed by atoms with Crippen molar-refractivity contribution in [2.45, 2.75) is 39.7 Å². The van der Waals surface area contributed by atoms with Gasteiger partial charge in [-0.15, -0.1) is 0 Å². The van der Waals surface area contributed by atoms with Crippen LogP contribution in [0, 0.1) is 6.92 Å². The summed E-state index contributed by atoms with van der Waals surface area (Å²) in [5.74, 6) is 0.451. The van der Waals surface area contributed by atoms with E-state index in [4.69, 9.17) is 21.1 Å². The number of aryl methyl sites for hydroxylation is 1. The van der Waals surface area contributed by atoms with Crippen molar-refractivity contribution in [1.82, 2.24) is 5.32 Å². The summed E-state index contributed by atoms with van der Waals surface area (Å²) in [7, 11) is 0. The number of rotatable bonds is 13. The number of carbonyl (C=O) groups is 1. The van der Waals surface area contributed by atoms with Crippen LogP contribution in [-0.2, 0) is 16.1 Å². The summed E-state index contributed by atoms with van der Waals surface area (Å²) in [5.41, 5.74) is 2.82. The molecule has 6 heteroatoms. The maximum Gasteiger partial charge on any atom is 0.262 e. The second-order valence-corrected chi connectivity index (χ2v) is 7.39. The Morgan fingerprint density at radius 1 is 1.07 bits per heavy atom. The first-order chi connectivity index (χ1) is 14.1. The highest BCUT2D eigenvalue weighted by molar-refractivity contribution is 6.30. The van der Waals surface area contributed by atoms with Gasteiger partial charge >= 0.3 is 0 Å². The molecule has 2 aromatic carbocycles. The topological polar surface area (TPSA) is 59.6 Å². The first-order valence-corrected chi connectivity index (χ1v) is 10.5. The second kappa shape index (κ2) is 13.2. The SMILES string of the molecule is CCCCOCCCNCc1cc(Cl)ccc1OCC(=O)Nc1ccc(C)cc1. The largest absolute Gasteiger partial charge is 0.483 e. The van der Waals surface area contributed by atoms with Gasteiger partial charge in [-0.25, -0.2) is 0 Å². The minimum atomic E-state index is -0.202. The Bertz CT molecular complexity index is 750. The van der Waals surface area contributed by atoms with E-state index in [1.165, 1.54) is 0 Å². The molecule has 29 heavy (non-hydrogen) atoms. The van der Waals surface area contributed by atoms with Crippen molar-refractivity contribution >= 4 is 23.2 Å². The minimum Gasteiger partial charge on any atom is -0.483 e. The van der Waals surface area contributed by atoms with E-state index in [0.717, 1.165) is 55.8 Å². The van der Waals surface area contributed by atoms with E-state index >= 15 is 0 Å². The lowest BCUT2D eigenvalue weighted by atomic mass is 10.2. The molecule has 0 saturated carbocycles. The van der Waals surface area contributed by atoms with Gasteiger partial charge in [-0.2, -0.15) is 0 Å². The van der Waals surface area contributed by atoms with Gasteiger partial charge in [0, 0.05) is 36.0 Å². The van der Waals surface area contributed by atoms with Gasteiger partial charge in [-0.1, -0.05) is 42.6 Å². The van der Waals surface area contributed by atoms with E-state index in [2.05, 4.69) is 17.6 Å². The predicted molar refractivity (Wildman–Crippen MR) is 119 cm³/mol. The maximum absolute atomic E-state index is 12.2. The van der Waals surface area contributed by atoms with Crippen LogP contribution in [0.2, 0.25) is 5.02 Å². The van der Waals surface area contributed by atoms with Crippen LogP contribution in [0.3, 0.4) is 0 Å². The number of hydrogen-bond donors (Lipinski definition) is 2. The van der Waals surface area contributed by atoms with Gasteiger partial charge in [0.25, 0.3) is 5.91 Å². The van der Waals surface area contributed by atoms with Crippen LogP contribution in [0.15, 0.2) is 42.5 Å². The summed E-state index contributed by atoms with van der Waals surface area (Å²) in [4.78, 5) is 12.2. The molecule has 2 N–H and O–H groups in total. The number of nitrogens with one attached hydrogen (secondary N) is 2. The number of hydrogen-bond acceptors (Lipinski definition) is 4. The first-order valence-electron chi connectivity index (χ1n) is 10.1.